The summed E-state index contributed by atoms with van der Waals surface area (Å²) in [7, 11) is 0. The van der Waals surface area contributed by atoms with Crippen LogP contribution in [0.15, 0.2) is 41.2 Å². The fraction of sp³-hybridized carbons (Fsp3) is 0.292. The predicted octanol–water partition coefficient (Wildman–Crippen LogP) is 4.99. The highest BCUT2D eigenvalue weighted by Crippen LogP contribution is 2.27. The van der Waals surface area contributed by atoms with Gasteiger partial charge in [0.15, 0.2) is 0 Å². The lowest BCUT2D eigenvalue weighted by Gasteiger charge is -2.10. The van der Waals surface area contributed by atoms with Crippen molar-refractivity contribution in [2.24, 2.45) is 0 Å². The first-order valence-corrected chi connectivity index (χ1v) is 11.3. The second-order valence-corrected chi connectivity index (χ2v) is 7.73. The minimum absolute atomic E-state index is 0.288. The maximum absolute atomic E-state index is 12.7. The molecule has 7 nitrogen and oxygen atoms in total. The van der Waals surface area contributed by atoms with Crippen molar-refractivity contribution in [1.82, 2.24) is 9.55 Å². The molecule has 0 atom stereocenters. The van der Waals surface area contributed by atoms with Crippen LogP contribution in [0.4, 0.5) is 5.69 Å². The third kappa shape index (κ3) is 5.26. The molecule has 0 spiro atoms. The van der Waals surface area contributed by atoms with Crippen molar-refractivity contribution >= 4 is 35.0 Å². The highest BCUT2D eigenvalue weighted by atomic mass is 32.1. The Hall–Kier alpha value is -3.39. The molecule has 3 aromatic rings. The molecule has 1 N–H and O–H groups in total. The second-order valence-electron chi connectivity index (χ2n) is 7.01. The first kappa shape index (κ1) is 23.3. The van der Waals surface area contributed by atoms with Gasteiger partial charge in [-0.05, 0) is 45.9 Å². The van der Waals surface area contributed by atoms with E-state index in [0.29, 0.717) is 35.7 Å². The van der Waals surface area contributed by atoms with Gasteiger partial charge < -0.3 is 19.4 Å². The lowest BCUT2D eigenvalue weighted by molar-refractivity contribution is -0.111. The number of aromatic nitrogens is 2. The van der Waals surface area contributed by atoms with Gasteiger partial charge in [0, 0.05) is 35.0 Å². The van der Waals surface area contributed by atoms with Crippen molar-refractivity contribution in [3.05, 3.63) is 69.4 Å². The Labute approximate surface area is 191 Å². The average Bonchev–Trinajstić information content (AvgIpc) is 3.37. The fourth-order valence-corrected chi connectivity index (χ4v) is 4.08. The molecule has 32 heavy (non-hydrogen) atoms. The molecule has 0 aliphatic heterocycles. The highest BCUT2D eigenvalue weighted by molar-refractivity contribution is 7.07. The summed E-state index contributed by atoms with van der Waals surface area (Å²) < 4.78 is 13.1. The molecular weight excluding hydrogens is 426 g/mol. The van der Waals surface area contributed by atoms with Gasteiger partial charge in [0.1, 0.15) is 12.4 Å². The highest BCUT2D eigenvalue weighted by Gasteiger charge is 2.22. The van der Waals surface area contributed by atoms with Gasteiger partial charge in [-0.3, -0.25) is 4.79 Å². The lowest BCUT2D eigenvalue weighted by atomic mass is 10.1. The molecule has 2 aromatic heterocycles. The average molecular weight is 454 g/mol. The molecule has 0 aliphatic rings. The van der Waals surface area contributed by atoms with Gasteiger partial charge in [-0.25, -0.2) is 9.78 Å². The van der Waals surface area contributed by atoms with Crippen LogP contribution in [0.25, 0.3) is 6.08 Å². The molecule has 0 saturated heterocycles. The summed E-state index contributed by atoms with van der Waals surface area (Å²) in [5, 5.41) is 4.76. The van der Waals surface area contributed by atoms with Crippen LogP contribution in [-0.2, 0) is 22.7 Å². The minimum Gasteiger partial charge on any atom is -0.485 e. The standard InChI is InChI=1S/C24H27N3O4S/c1-5-27-16(3)19(23(17(27)4)24(29)30-6-2)11-12-22(28)26-20-9-7-8-10-21(20)31-13-18-14-32-15-25-18/h7-12,14-15H,5-6,13H2,1-4H3,(H,26,28)/b12-11+. The Morgan fingerprint density at radius 2 is 1.97 bits per heavy atom. The van der Waals surface area contributed by atoms with E-state index in [1.54, 1.807) is 30.6 Å². The summed E-state index contributed by atoms with van der Waals surface area (Å²) in [5.41, 5.74) is 6.04. The molecule has 0 fully saturated rings. The summed E-state index contributed by atoms with van der Waals surface area (Å²) in [6, 6.07) is 7.23. The van der Waals surface area contributed by atoms with E-state index >= 15 is 0 Å². The molecule has 3 rings (SSSR count). The first-order valence-electron chi connectivity index (χ1n) is 10.4. The number of rotatable bonds is 9. The van der Waals surface area contributed by atoms with Crippen LogP contribution in [0.3, 0.4) is 0 Å². The number of benzene rings is 1. The Kier molecular flexibility index (Phi) is 7.83. The number of nitrogens with one attached hydrogen (secondary N) is 1. The van der Waals surface area contributed by atoms with Gasteiger partial charge in [0.05, 0.1) is 29.1 Å². The molecule has 0 bridgehead atoms. The van der Waals surface area contributed by atoms with Gasteiger partial charge in [-0.15, -0.1) is 11.3 Å². The largest absolute Gasteiger partial charge is 0.485 e. The van der Waals surface area contributed by atoms with E-state index < -0.39 is 0 Å². The van der Waals surface area contributed by atoms with Crippen molar-refractivity contribution in [1.29, 1.82) is 0 Å². The van der Waals surface area contributed by atoms with E-state index in [1.165, 1.54) is 17.4 Å². The Morgan fingerprint density at radius 3 is 2.66 bits per heavy atom. The maximum Gasteiger partial charge on any atom is 0.340 e. The summed E-state index contributed by atoms with van der Waals surface area (Å²) >= 11 is 1.50. The molecular formula is C24H27N3O4S. The quantitative estimate of drug-likeness (QED) is 0.365. The van der Waals surface area contributed by atoms with E-state index in [1.807, 2.05) is 42.9 Å². The monoisotopic (exact) mass is 453 g/mol. The van der Waals surface area contributed by atoms with Crippen LogP contribution in [0.2, 0.25) is 0 Å². The molecule has 2 heterocycles. The third-order valence-corrected chi connectivity index (χ3v) is 5.67. The number of carbonyl (C=O) groups excluding carboxylic acids is 2. The van der Waals surface area contributed by atoms with Crippen LogP contribution >= 0.6 is 11.3 Å². The zero-order valence-corrected chi connectivity index (χ0v) is 19.5. The van der Waals surface area contributed by atoms with Crippen molar-refractivity contribution in [3.8, 4) is 5.75 Å². The van der Waals surface area contributed by atoms with Crippen LogP contribution in [0, 0.1) is 13.8 Å². The minimum atomic E-state index is -0.388. The lowest BCUT2D eigenvalue weighted by Crippen LogP contribution is -2.10. The molecule has 1 amide bonds. The Balaban J connectivity index is 1.79. The van der Waals surface area contributed by atoms with Crippen molar-refractivity contribution in [2.45, 2.75) is 40.8 Å². The van der Waals surface area contributed by atoms with Gasteiger partial charge in [-0.1, -0.05) is 12.1 Å². The molecule has 0 radical (unpaired) electrons. The van der Waals surface area contributed by atoms with Crippen LogP contribution in [0.1, 0.15) is 46.9 Å². The smallest absolute Gasteiger partial charge is 0.340 e. The summed E-state index contributed by atoms with van der Waals surface area (Å²) in [5.74, 6) is -0.161. The number of hydrogen-bond donors (Lipinski definition) is 1. The summed E-state index contributed by atoms with van der Waals surface area (Å²) in [6.07, 6.45) is 3.08. The number of esters is 1. The second kappa shape index (κ2) is 10.8. The van der Waals surface area contributed by atoms with E-state index in [-0.39, 0.29) is 18.5 Å². The Bertz CT molecular complexity index is 1120. The number of nitrogens with zero attached hydrogens (tertiary/aromatic N) is 2. The number of carbonyl (C=O) groups is 2. The first-order chi connectivity index (χ1) is 15.5. The molecule has 168 valence electrons. The zero-order valence-electron chi connectivity index (χ0n) is 18.7. The van der Waals surface area contributed by atoms with Gasteiger partial charge >= 0.3 is 5.97 Å². The zero-order chi connectivity index (χ0) is 23.1. The summed E-state index contributed by atoms with van der Waals surface area (Å²) in [4.78, 5) is 29.4. The topological polar surface area (TPSA) is 82.5 Å². The van der Waals surface area contributed by atoms with Gasteiger partial charge in [0.2, 0.25) is 5.91 Å². The third-order valence-electron chi connectivity index (χ3n) is 5.03. The van der Waals surface area contributed by atoms with Crippen molar-refractivity contribution in [3.63, 3.8) is 0 Å². The van der Waals surface area contributed by atoms with E-state index in [4.69, 9.17) is 9.47 Å². The van der Waals surface area contributed by atoms with Crippen molar-refractivity contribution < 1.29 is 19.1 Å². The van der Waals surface area contributed by atoms with Gasteiger partial charge in [0.25, 0.3) is 0 Å². The molecule has 8 heteroatoms. The number of para-hydroxylation sites is 2. The molecule has 0 aliphatic carbocycles. The number of ether oxygens (including phenoxy) is 2. The number of hydrogen-bond acceptors (Lipinski definition) is 6. The van der Waals surface area contributed by atoms with Gasteiger partial charge in [-0.2, -0.15) is 0 Å². The van der Waals surface area contributed by atoms with Crippen LogP contribution in [0.5, 0.6) is 5.75 Å². The van der Waals surface area contributed by atoms with Crippen LogP contribution < -0.4 is 10.1 Å². The Morgan fingerprint density at radius 1 is 1.19 bits per heavy atom. The van der Waals surface area contributed by atoms with E-state index in [9.17, 15) is 9.59 Å². The van der Waals surface area contributed by atoms with Crippen molar-refractivity contribution in [2.75, 3.05) is 11.9 Å². The SMILES string of the molecule is CCOC(=O)c1c(/C=C/C(=O)Nc2ccccc2OCc2cscn2)c(C)n(CC)c1C. The maximum atomic E-state index is 12.7. The fourth-order valence-electron chi connectivity index (χ4n) is 3.54. The number of anilines is 1. The predicted molar refractivity (Wildman–Crippen MR) is 126 cm³/mol. The molecule has 0 saturated carbocycles. The number of thiazole rings is 1. The molecule has 1 aromatic carbocycles. The normalized spacial score (nSPS) is 11.0. The van der Waals surface area contributed by atoms with E-state index in [2.05, 4.69) is 10.3 Å². The summed E-state index contributed by atoms with van der Waals surface area (Å²) in [6.45, 7) is 8.92. The molecule has 0 unspecified atom stereocenters. The van der Waals surface area contributed by atoms with Crippen LogP contribution in [-0.4, -0.2) is 28.0 Å². The number of amides is 1. The van der Waals surface area contributed by atoms with E-state index in [0.717, 1.165) is 17.1 Å².